The molecule has 3 aromatic rings. The highest BCUT2D eigenvalue weighted by molar-refractivity contribution is 6.35. The SMILES string of the molecule is Clc1cccc2nc3n(c12)CCN(Cc1ccccc1)C3. The lowest BCUT2D eigenvalue weighted by molar-refractivity contribution is 0.211. The van der Waals surface area contributed by atoms with E-state index in [1.165, 1.54) is 5.56 Å². The summed E-state index contributed by atoms with van der Waals surface area (Å²) in [5, 5.41) is 0.794. The van der Waals surface area contributed by atoms with Gasteiger partial charge in [-0.05, 0) is 17.7 Å². The second-order valence-electron chi connectivity index (χ2n) is 5.48. The van der Waals surface area contributed by atoms with E-state index in [4.69, 9.17) is 16.6 Å². The van der Waals surface area contributed by atoms with Gasteiger partial charge in [-0.15, -0.1) is 0 Å². The van der Waals surface area contributed by atoms with E-state index in [0.29, 0.717) is 0 Å². The van der Waals surface area contributed by atoms with Crippen LogP contribution in [0.3, 0.4) is 0 Å². The lowest BCUT2D eigenvalue weighted by Crippen LogP contribution is -2.33. The third-order valence-corrected chi connectivity index (χ3v) is 4.36. The Hall–Kier alpha value is -1.84. The Balaban J connectivity index is 1.63. The second-order valence-corrected chi connectivity index (χ2v) is 5.89. The predicted octanol–water partition coefficient (Wildman–Crippen LogP) is 3.71. The van der Waals surface area contributed by atoms with Crippen LogP contribution in [0.4, 0.5) is 0 Å². The van der Waals surface area contributed by atoms with Gasteiger partial charge in [-0.2, -0.15) is 0 Å². The van der Waals surface area contributed by atoms with Crippen molar-refractivity contribution in [3.05, 3.63) is 64.9 Å². The normalized spacial score (nSPS) is 15.3. The molecule has 4 heteroatoms. The molecule has 0 spiro atoms. The van der Waals surface area contributed by atoms with E-state index < -0.39 is 0 Å². The number of imidazole rings is 1. The monoisotopic (exact) mass is 297 g/mol. The van der Waals surface area contributed by atoms with Crippen molar-refractivity contribution in [1.29, 1.82) is 0 Å². The zero-order chi connectivity index (χ0) is 14.2. The highest BCUT2D eigenvalue weighted by atomic mass is 35.5. The van der Waals surface area contributed by atoms with Crippen molar-refractivity contribution in [2.24, 2.45) is 0 Å². The van der Waals surface area contributed by atoms with Crippen molar-refractivity contribution in [2.45, 2.75) is 19.6 Å². The van der Waals surface area contributed by atoms with Crippen LogP contribution in [0, 0.1) is 0 Å². The summed E-state index contributed by atoms with van der Waals surface area (Å²) in [7, 11) is 0. The molecule has 2 heterocycles. The average molecular weight is 298 g/mol. The highest BCUT2D eigenvalue weighted by Crippen LogP contribution is 2.27. The Bertz CT molecular complexity index is 779. The van der Waals surface area contributed by atoms with Crippen LogP contribution >= 0.6 is 11.6 Å². The van der Waals surface area contributed by atoms with Gasteiger partial charge in [0, 0.05) is 19.6 Å². The first-order valence-corrected chi connectivity index (χ1v) is 7.59. The molecule has 0 bridgehead atoms. The summed E-state index contributed by atoms with van der Waals surface area (Å²) in [4.78, 5) is 7.18. The van der Waals surface area contributed by atoms with E-state index in [1.54, 1.807) is 0 Å². The molecule has 0 fully saturated rings. The van der Waals surface area contributed by atoms with Crippen LogP contribution in [0.1, 0.15) is 11.4 Å². The van der Waals surface area contributed by atoms with Crippen molar-refractivity contribution in [3.63, 3.8) is 0 Å². The topological polar surface area (TPSA) is 21.1 Å². The number of para-hydroxylation sites is 1. The Morgan fingerprint density at radius 1 is 1.00 bits per heavy atom. The molecule has 0 saturated heterocycles. The maximum absolute atomic E-state index is 6.33. The molecule has 1 aliphatic rings. The minimum Gasteiger partial charge on any atom is -0.324 e. The lowest BCUT2D eigenvalue weighted by Gasteiger charge is -2.28. The van der Waals surface area contributed by atoms with Gasteiger partial charge in [0.1, 0.15) is 5.82 Å². The second kappa shape index (κ2) is 5.17. The van der Waals surface area contributed by atoms with Gasteiger partial charge in [0.15, 0.2) is 0 Å². The summed E-state index contributed by atoms with van der Waals surface area (Å²) in [5.74, 6) is 1.11. The maximum atomic E-state index is 6.33. The van der Waals surface area contributed by atoms with Gasteiger partial charge in [-0.3, -0.25) is 4.90 Å². The first-order valence-electron chi connectivity index (χ1n) is 7.21. The molecule has 0 N–H and O–H groups in total. The summed E-state index contributed by atoms with van der Waals surface area (Å²) < 4.78 is 2.26. The van der Waals surface area contributed by atoms with Gasteiger partial charge >= 0.3 is 0 Å². The predicted molar refractivity (Wildman–Crippen MR) is 85.3 cm³/mol. The Morgan fingerprint density at radius 3 is 2.71 bits per heavy atom. The molecule has 106 valence electrons. The fourth-order valence-corrected chi connectivity index (χ4v) is 3.32. The van der Waals surface area contributed by atoms with Gasteiger partial charge in [0.25, 0.3) is 0 Å². The van der Waals surface area contributed by atoms with Crippen molar-refractivity contribution >= 4 is 22.6 Å². The first-order chi connectivity index (χ1) is 10.3. The highest BCUT2D eigenvalue weighted by Gasteiger charge is 2.21. The third-order valence-electron chi connectivity index (χ3n) is 4.05. The molecule has 0 atom stereocenters. The first kappa shape index (κ1) is 12.9. The van der Waals surface area contributed by atoms with Crippen LogP contribution in [-0.2, 0) is 19.6 Å². The van der Waals surface area contributed by atoms with Gasteiger partial charge in [0.05, 0.1) is 22.6 Å². The molecule has 0 saturated carbocycles. The largest absolute Gasteiger partial charge is 0.324 e. The molecular formula is C17H16ClN3. The van der Waals surface area contributed by atoms with Crippen LogP contribution in [0.25, 0.3) is 11.0 Å². The minimum absolute atomic E-state index is 0.794. The van der Waals surface area contributed by atoms with E-state index in [-0.39, 0.29) is 0 Å². The van der Waals surface area contributed by atoms with Gasteiger partial charge < -0.3 is 4.57 Å². The van der Waals surface area contributed by atoms with Crippen LogP contribution < -0.4 is 0 Å². The fourth-order valence-electron chi connectivity index (χ4n) is 3.05. The summed E-state index contributed by atoms with van der Waals surface area (Å²) >= 11 is 6.33. The van der Waals surface area contributed by atoms with Crippen LogP contribution in [-0.4, -0.2) is 21.0 Å². The molecule has 1 aliphatic heterocycles. The summed E-state index contributed by atoms with van der Waals surface area (Å²) in [5.41, 5.74) is 3.42. The quantitative estimate of drug-likeness (QED) is 0.719. The number of hydrogen-bond acceptors (Lipinski definition) is 2. The van der Waals surface area contributed by atoms with Crippen LogP contribution in [0.5, 0.6) is 0 Å². The fraction of sp³-hybridized carbons (Fsp3) is 0.235. The van der Waals surface area contributed by atoms with E-state index in [9.17, 15) is 0 Å². The standard InChI is InChI=1S/C17H16ClN3/c18-14-7-4-8-15-17(14)21-10-9-20(12-16(21)19-15)11-13-5-2-1-3-6-13/h1-8H,9-12H2. The van der Waals surface area contributed by atoms with Gasteiger partial charge in [0.2, 0.25) is 0 Å². The molecular weight excluding hydrogens is 282 g/mol. The maximum Gasteiger partial charge on any atom is 0.124 e. The lowest BCUT2D eigenvalue weighted by atomic mass is 10.2. The number of rotatable bonds is 2. The van der Waals surface area contributed by atoms with Gasteiger partial charge in [-0.25, -0.2) is 4.98 Å². The average Bonchev–Trinajstić information content (AvgIpc) is 2.87. The molecule has 2 aromatic carbocycles. The molecule has 0 unspecified atom stereocenters. The minimum atomic E-state index is 0.794. The van der Waals surface area contributed by atoms with Gasteiger partial charge in [-0.1, -0.05) is 48.0 Å². The van der Waals surface area contributed by atoms with E-state index in [1.807, 2.05) is 18.2 Å². The molecule has 21 heavy (non-hydrogen) atoms. The number of benzene rings is 2. The van der Waals surface area contributed by atoms with E-state index in [0.717, 1.165) is 48.1 Å². The molecule has 4 rings (SSSR count). The van der Waals surface area contributed by atoms with E-state index >= 15 is 0 Å². The molecule has 0 radical (unpaired) electrons. The molecule has 1 aromatic heterocycles. The van der Waals surface area contributed by atoms with Crippen LogP contribution in [0.15, 0.2) is 48.5 Å². The van der Waals surface area contributed by atoms with Crippen molar-refractivity contribution < 1.29 is 0 Å². The number of hydrogen-bond donors (Lipinski definition) is 0. The van der Waals surface area contributed by atoms with Crippen LogP contribution in [0.2, 0.25) is 5.02 Å². The summed E-state index contributed by atoms with van der Waals surface area (Å²) in [6.45, 7) is 3.82. The van der Waals surface area contributed by atoms with Crippen molar-refractivity contribution in [3.8, 4) is 0 Å². The van der Waals surface area contributed by atoms with Crippen molar-refractivity contribution in [2.75, 3.05) is 6.54 Å². The Morgan fingerprint density at radius 2 is 1.86 bits per heavy atom. The zero-order valence-electron chi connectivity index (χ0n) is 11.7. The molecule has 0 amide bonds. The van der Waals surface area contributed by atoms with E-state index in [2.05, 4.69) is 39.8 Å². The number of halogens is 1. The zero-order valence-corrected chi connectivity index (χ0v) is 12.4. The smallest absolute Gasteiger partial charge is 0.124 e. The third kappa shape index (κ3) is 2.33. The van der Waals surface area contributed by atoms with Crippen molar-refractivity contribution in [1.82, 2.24) is 14.5 Å². The Kier molecular flexibility index (Phi) is 3.17. The summed E-state index contributed by atoms with van der Waals surface area (Å²) in [6, 6.07) is 16.5. The summed E-state index contributed by atoms with van der Waals surface area (Å²) in [6.07, 6.45) is 0. The molecule has 0 aliphatic carbocycles. The Labute approximate surface area is 128 Å². The number of nitrogens with zero attached hydrogens (tertiary/aromatic N) is 3. The number of fused-ring (bicyclic) bond motifs is 3. The molecule has 3 nitrogen and oxygen atoms in total. The number of aromatic nitrogens is 2.